The van der Waals surface area contributed by atoms with E-state index in [1.165, 1.54) is 0 Å². The Bertz CT molecular complexity index is 91.7. The van der Waals surface area contributed by atoms with Crippen molar-refractivity contribution < 1.29 is 13.3 Å². The molecular formula is C7H15O3Si. The molecule has 4 heteroatoms. The fourth-order valence-corrected chi connectivity index (χ4v) is 1.46. The maximum Gasteiger partial charge on any atom is 0.578 e. The molecule has 0 aromatic rings. The van der Waals surface area contributed by atoms with Crippen LogP contribution in [0.3, 0.4) is 0 Å². The zero-order valence-corrected chi connectivity index (χ0v) is 8.13. The zero-order valence-electron chi connectivity index (χ0n) is 7.13. The van der Waals surface area contributed by atoms with Gasteiger partial charge in [0.2, 0.25) is 0 Å². The van der Waals surface area contributed by atoms with Gasteiger partial charge in [-0.2, -0.15) is 0 Å². The van der Waals surface area contributed by atoms with Gasteiger partial charge in [0.1, 0.15) is 0 Å². The van der Waals surface area contributed by atoms with E-state index in [-0.39, 0.29) is 0 Å². The standard InChI is InChI=1S/C7H15O3Si/c1-4-7-10-11(8-5-2)9-6-3/h4H,1,5-7H2,2-3H3. The second-order valence-corrected chi connectivity index (χ2v) is 3.08. The van der Waals surface area contributed by atoms with Crippen molar-refractivity contribution >= 4 is 9.53 Å². The van der Waals surface area contributed by atoms with Crippen molar-refractivity contribution in [2.75, 3.05) is 19.8 Å². The molecule has 0 bridgehead atoms. The molecule has 0 spiro atoms. The Morgan fingerprint density at radius 1 is 1.18 bits per heavy atom. The molecule has 0 aromatic carbocycles. The highest BCUT2D eigenvalue weighted by atomic mass is 28.3. The van der Waals surface area contributed by atoms with Crippen LogP contribution in [-0.2, 0) is 13.3 Å². The molecular weight excluding hydrogens is 160 g/mol. The van der Waals surface area contributed by atoms with Gasteiger partial charge in [-0.15, -0.1) is 6.58 Å². The topological polar surface area (TPSA) is 27.7 Å². The fourth-order valence-electron chi connectivity index (χ4n) is 0.488. The van der Waals surface area contributed by atoms with E-state index < -0.39 is 9.53 Å². The summed E-state index contributed by atoms with van der Waals surface area (Å²) in [5.41, 5.74) is 0. The molecule has 0 fully saturated rings. The Hall–Kier alpha value is -0.163. The second-order valence-electron chi connectivity index (χ2n) is 1.72. The van der Waals surface area contributed by atoms with Gasteiger partial charge in [0.25, 0.3) is 0 Å². The first-order chi connectivity index (χ1) is 5.35. The van der Waals surface area contributed by atoms with Gasteiger partial charge in [0, 0.05) is 13.2 Å². The van der Waals surface area contributed by atoms with Crippen molar-refractivity contribution in [1.29, 1.82) is 0 Å². The van der Waals surface area contributed by atoms with E-state index in [1.807, 2.05) is 13.8 Å². The first kappa shape index (κ1) is 10.8. The summed E-state index contributed by atoms with van der Waals surface area (Å²) >= 11 is 0. The van der Waals surface area contributed by atoms with Crippen molar-refractivity contribution in [3.63, 3.8) is 0 Å². The third-order valence-electron chi connectivity index (χ3n) is 0.843. The summed E-state index contributed by atoms with van der Waals surface area (Å²) in [7, 11) is -1.48. The molecule has 0 amide bonds. The third-order valence-corrected chi connectivity index (χ3v) is 2.29. The minimum absolute atomic E-state index is 0.494. The highest BCUT2D eigenvalue weighted by Gasteiger charge is 2.15. The highest BCUT2D eigenvalue weighted by Crippen LogP contribution is 1.91. The number of rotatable bonds is 7. The Labute approximate surface area is 69.9 Å². The minimum atomic E-state index is -1.48. The highest BCUT2D eigenvalue weighted by molar-refractivity contribution is 6.36. The SMILES string of the molecule is C=CCO[Si](OCC)OCC. The first-order valence-electron chi connectivity index (χ1n) is 3.71. The molecule has 0 heterocycles. The monoisotopic (exact) mass is 175 g/mol. The van der Waals surface area contributed by atoms with E-state index in [1.54, 1.807) is 6.08 Å². The van der Waals surface area contributed by atoms with Crippen LogP contribution in [0.5, 0.6) is 0 Å². The molecule has 65 valence electrons. The third kappa shape index (κ3) is 6.24. The number of hydrogen-bond donors (Lipinski definition) is 0. The van der Waals surface area contributed by atoms with E-state index in [2.05, 4.69) is 6.58 Å². The normalized spacial score (nSPS) is 10.5. The van der Waals surface area contributed by atoms with Gasteiger partial charge < -0.3 is 13.3 Å². The molecule has 0 aliphatic heterocycles. The lowest BCUT2D eigenvalue weighted by Gasteiger charge is -2.10. The lowest BCUT2D eigenvalue weighted by molar-refractivity contribution is 0.112. The van der Waals surface area contributed by atoms with Crippen LogP contribution in [0.2, 0.25) is 0 Å². The van der Waals surface area contributed by atoms with Crippen LogP contribution in [0.1, 0.15) is 13.8 Å². The summed E-state index contributed by atoms with van der Waals surface area (Å²) in [5.74, 6) is 0. The van der Waals surface area contributed by atoms with Crippen molar-refractivity contribution in [1.82, 2.24) is 0 Å². The van der Waals surface area contributed by atoms with Gasteiger partial charge in [-0.3, -0.25) is 0 Å². The number of hydrogen-bond acceptors (Lipinski definition) is 3. The lowest BCUT2D eigenvalue weighted by atomic mass is 10.7. The van der Waals surface area contributed by atoms with Crippen molar-refractivity contribution in [2.24, 2.45) is 0 Å². The zero-order chi connectivity index (χ0) is 8.53. The van der Waals surface area contributed by atoms with Crippen LogP contribution in [0, 0.1) is 0 Å². The van der Waals surface area contributed by atoms with Crippen LogP contribution >= 0.6 is 0 Å². The predicted molar refractivity (Wildman–Crippen MR) is 45.2 cm³/mol. The second kappa shape index (κ2) is 7.94. The summed E-state index contributed by atoms with van der Waals surface area (Å²) in [6.07, 6.45) is 1.68. The summed E-state index contributed by atoms with van der Waals surface area (Å²) in [5, 5.41) is 0. The predicted octanol–water partition coefficient (Wildman–Crippen LogP) is 1.25. The maximum absolute atomic E-state index is 5.21. The molecule has 0 saturated heterocycles. The molecule has 0 saturated carbocycles. The van der Waals surface area contributed by atoms with Crippen molar-refractivity contribution in [2.45, 2.75) is 13.8 Å². The van der Waals surface area contributed by atoms with E-state index in [0.29, 0.717) is 19.8 Å². The Morgan fingerprint density at radius 3 is 2.09 bits per heavy atom. The van der Waals surface area contributed by atoms with E-state index in [9.17, 15) is 0 Å². The van der Waals surface area contributed by atoms with Crippen LogP contribution in [-0.4, -0.2) is 29.3 Å². The van der Waals surface area contributed by atoms with Crippen molar-refractivity contribution in [3.8, 4) is 0 Å². The molecule has 3 nitrogen and oxygen atoms in total. The molecule has 11 heavy (non-hydrogen) atoms. The lowest BCUT2D eigenvalue weighted by Crippen LogP contribution is -2.27. The summed E-state index contributed by atoms with van der Waals surface area (Å²) in [6.45, 7) is 9.12. The molecule has 1 radical (unpaired) electrons. The van der Waals surface area contributed by atoms with Gasteiger partial charge in [0.15, 0.2) is 0 Å². The Balaban J connectivity index is 3.41. The fraction of sp³-hybridized carbons (Fsp3) is 0.714. The van der Waals surface area contributed by atoms with Crippen molar-refractivity contribution in [3.05, 3.63) is 12.7 Å². The van der Waals surface area contributed by atoms with Crippen LogP contribution in [0.4, 0.5) is 0 Å². The quantitative estimate of drug-likeness (QED) is 0.430. The maximum atomic E-state index is 5.21. The molecule has 0 atom stereocenters. The minimum Gasteiger partial charge on any atom is -0.371 e. The summed E-state index contributed by atoms with van der Waals surface area (Å²) in [6, 6.07) is 0. The smallest absolute Gasteiger partial charge is 0.371 e. The largest absolute Gasteiger partial charge is 0.578 e. The van der Waals surface area contributed by atoms with E-state index in [4.69, 9.17) is 13.3 Å². The summed E-state index contributed by atoms with van der Waals surface area (Å²) < 4.78 is 15.6. The van der Waals surface area contributed by atoms with Crippen LogP contribution < -0.4 is 0 Å². The molecule has 0 aliphatic rings. The average Bonchev–Trinajstić information content (AvgIpc) is 2.01. The summed E-state index contributed by atoms with van der Waals surface area (Å²) in [4.78, 5) is 0. The van der Waals surface area contributed by atoms with E-state index >= 15 is 0 Å². The Kier molecular flexibility index (Phi) is 7.82. The molecule has 0 aliphatic carbocycles. The Morgan fingerprint density at radius 2 is 1.73 bits per heavy atom. The van der Waals surface area contributed by atoms with Gasteiger partial charge in [-0.25, -0.2) is 0 Å². The van der Waals surface area contributed by atoms with Gasteiger partial charge in [-0.05, 0) is 13.8 Å². The van der Waals surface area contributed by atoms with Gasteiger partial charge >= 0.3 is 9.53 Å². The molecule has 0 unspecified atom stereocenters. The molecule has 0 rings (SSSR count). The van der Waals surface area contributed by atoms with E-state index in [0.717, 1.165) is 0 Å². The van der Waals surface area contributed by atoms with Crippen LogP contribution in [0.25, 0.3) is 0 Å². The molecule has 0 aromatic heterocycles. The van der Waals surface area contributed by atoms with Gasteiger partial charge in [-0.1, -0.05) is 6.08 Å². The average molecular weight is 175 g/mol. The van der Waals surface area contributed by atoms with Crippen LogP contribution in [0.15, 0.2) is 12.7 Å². The molecule has 0 N–H and O–H groups in total. The van der Waals surface area contributed by atoms with Gasteiger partial charge in [0.05, 0.1) is 6.61 Å². The first-order valence-corrected chi connectivity index (χ1v) is 4.93.